The molecule has 5 nitrogen and oxygen atoms in total. The third kappa shape index (κ3) is 4.60. The summed E-state index contributed by atoms with van der Waals surface area (Å²) in [4.78, 5) is 13.8. The molecule has 1 amide bonds. The molecule has 0 aromatic heterocycles. The number of benzene rings is 1. The molecule has 0 aliphatic carbocycles. The summed E-state index contributed by atoms with van der Waals surface area (Å²) in [6.45, 7) is 5.60. The van der Waals surface area contributed by atoms with Crippen molar-refractivity contribution in [1.29, 1.82) is 5.41 Å². The van der Waals surface area contributed by atoms with E-state index in [1.54, 1.807) is 12.1 Å². The summed E-state index contributed by atoms with van der Waals surface area (Å²) in [6, 6.07) is 5.28. The van der Waals surface area contributed by atoms with Crippen LogP contribution in [0.3, 0.4) is 0 Å². The number of likely N-dealkylation sites (tertiary alicyclic amines) is 1. The molecule has 1 saturated heterocycles. The summed E-state index contributed by atoms with van der Waals surface area (Å²) in [5.74, 6) is 0.307. The molecule has 0 radical (unpaired) electrons. The Morgan fingerprint density at radius 3 is 2.64 bits per heavy atom. The van der Waals surface area contributed by atoms with Crippen LogP contribution >= 0.6 is 11.6 Å². The van der Waals surface area contributed by atoms with Crippen molar-refractivity contribution in [3.05, 3.63) is 34.3 Å². The van der Waals surface area contributed by atoms with Crippen LogP contribution in [0, 0.1) is 16.7 Å². The summed E-state index contributed by atoms with van der Waals surface area (Å²) in [7, 11) is 1.53. The Kier molecular flexibility index (Phi) is 6.60. The van der Waals surface area contributed by atoms with Gasteiger partial charge in [-0.15, -0.1) is 0 Å². The molecule has 1 heterocycles. The highest BCUT2D eigenvalue weighted by molar-refractivity contribution is 6.30. The van der Waals surface area contributed by atoms with Crippen molar-refractivity contribution in [2.24, 2.45) is 11.3 Å². The van der Waals surface area contributed by atoms with E-state index in [1.165, 1.54) is 13.3 Å². The molecule has 1 unspecified atom stereocenters. The summed E-state index contributed by atoms with van der Waals surface area (Å²) in [5.41, 5.74) is 1.05. The Morgan fingerprint density at radius 1 is 1.44 bits per heavy atom. The summed E-state index contributed by atoms with van der Waals surface area (Å²) >= 11 is 6.12. The van der Waals surface area contributed by atoms with Crippen LogP contribution in [0.5, 0.6) is 0 Å². The molecule has 138 valence electrons. The van der Waals surface area contributed by atoms with Gasteiger partial charge in [0.05, 0.1) is 6.10 Å². The Balaban J connectivity index is 2.09. The molecule has 1 aliphatic heterocycles. The van der Waals surface area contributed by atoms with Gasteiger partial charge in [0, 0.05) is 31.4 Å². The number of rotatable bonds is 6. The van der Waals surface area contributed by atoms with E-state index in [2.05, 4.69) is 13.8 Å². The molecule has 0 bridgehead atoms. The first-order valence-electron chi connectivity index (χ1n) is 8.55. The average molecular weight is 367 g/mol. The zero-order valence-electron chi connectivity index (χ0n) is 15.1. The van der Waals surface area contributed by atoms with Gasteiger partial charge in [-0.1, -0.05) is 25.4 Å². The monoisotopic (exact) mass is 366 g/mol. The SMILES string of the molecule is COCC(=O)N1CCC(C(C)(C)C(O)c2cc(Cl)cc(C=N)c2)CC1. The van der Waals surface area contributed by atoms with Gasteiger partial charge in [0.2, 0.25) is 5.91 Å². The second-order valence-electron chi connectivity index (χ2n) is 7.27. The van der Waals surface area contributed by atoms with Gasteiger partial charge in [0.15, 0.2) is 0 Å². The smallest absolute Gasteiger partial charge is 0.248 e. The number of carbonyl (C=O) groups is 1. The van der Waals surface area contributed by atoms with Gasteiger partial charge in [0.1, 0.15) is 6.61 Å². The lowest BCUT2D eigenvalue weighted by molar-refractivity contribution is -0.137. The van der Waals surface area contributed by atoms with Crippen molar-refractivity contribution in [1.82, 2.24) is 4.90 Å². The van der Waals surface area contributed by atoms with E-state index in [4.69, 9.17) is 21.7 Å². The number of carbonyl (C=O) groups excluding carboxylic acids is 1. The van der Waals surface area contributed by atoms with Crippen LogP contribution in [-0.2, 0) is 9.53 Å². The second-order valence-corrected chi connectivity index (χ2v) is 7.71. The molecule has 2 N–H and O–H groups in total. The van der Waals surface area contributed by atoms with Gasteiger partial charge >= 0.3 is 0 Å². The maximum absolute atomic E-state index is 11.9. The van der Waals surface area contributed by atoms with Crippen molar-refractivity contribution in [3.8, 4) is 0 Å². The average Bonchev–Trinajstić information content (AvgIpc) is 2.60. The number of piperidine rings is 1. The summed E-state index contributed by atoms with van der Waals surface area (Å²) in [5, 5.41) is 18.9. The van der Waals surface area contributed by atoms with Gasteiger partial charge in [-0.3, -0.25) is 4.79 Å². The number of hydrogen-bond acceptors (Lipinski definition) is 4. The first-order valence-corrected chi connectivity index (χ1v) is 8.93. The Hall–Kier alpha value is -1.43. The molecule has 0 saturated carbocycles. The first kappa shape index (κ1) is 19.9. The number of aliphatic hydroxyl groups excluding tert-OH is 1. The predicted octanol–water partition coefficient (Wildman–Crippen LogP) is 3.28. The van der Waals surface area contributed by atoms with Crippen LogP contribution in [0.4, 0.5) is 0 Å². The molecule has 1 fully saturated rings. The number of ether oxygens (including phenoxy) is 1. The van der Waals surface area contributed by atoms with Crippen LogP contribution < -0.4 is 0 Å². The molecule has 1 atom stereocenters. The minimum Gasteiger partial charge on any atom is -0.388 e. The van der Waals surface area contributed by atoms with Gasteiger partial charge in [-0.05, 0) is 53.5 Å². The van der Waals surface area contributed by atoms with Crippen molar-refractivity contribution in [2.45, 2.75) is 32.8 Å². The Labute approximate surface area is 154 Å². The minimum atomic E-state index is -0.684. The lowest BCUT2D eigenvalue weighted by atomic mass is 9.68. The Morgan fingerprint density at radius 2 is 2.08 bits per heavy atom. The summed E-state index contributed by atoms with van der Waals surface area (Å²) in [6.07, 6.45) is 2.24. The standard InChI is InChI=1S/C19H27ClN2O3/c1-19(2,15-4-6-22(7-5-15)17(23)12-25-3)18(24)14-8-13(11-21)9-16(20)10-14/h8-11,15,18,21,24H,4-7,12H2,1-3H3. The quantitative estimate of drug-likeness (QED) is 0.759. The zero-order chi connectivity index (χ0) is 18.6. The molecule has 6 heteroatoms. The largest absolute Gasteiger partial charge is 0.388 e. The van der Waals surface area contributed by atoms with Crippen molar-refractivity contribution < 1.29 is 14.6 Å². The highest BCUT2D eigenvalue weighted by atomic mass is 35.5. The topological polar surface area (TPSA) is 73.6 Å². The molecular weight excluding hydrogens is 340 g/mol. The Bertz CT molecular complexity index is 625. The lowest BCUT2D eigenvalue weighted by Crippen LogP contribution is -2.44. The van der Waals surface area contributed by atoms with E-state index in [9.17, 15) is 9.90 Å². The van der Waals surface area contributed by atoms with Gasteiger partial charge < -0.3 is 20.2 Å². The highest BCUT2D eigenvalue weighted by Gasteiger charge is 2.39. The maximum Gasteiger partial charge on any atom is 0.248 e. The van der Waals surface area contributed by atoms with Gasteiger partial charge in [-0.2, -0.15) is 0 Å². The third-order valence-corrected chi connectivity index (χ3v) is 5.52. The normalized spacial score (nSPS) is 17.4. The number of aliphatic hydroxyl groups is 1. The number of methoxy groups -OCH3 is 1. The van der Waals surface area contributed by atoms with E-state index in [0.29, 0.717) is 23.7 Å². The molecule has 2 rings (SSSR count). The maximum atomic E-state index is 11.9. The predicted molar refractivity (Wildman–Crippen MR) is 99.3 cm³/mol. The van der Waals surface area contributed by atoms with Crippen LogP contribution in [0.1, 0.15) is 43.9 Å². The molecule has 1 aromatic rings. The van der Waals surface area contributed by atoms with E-state index in [-0.39, 0.29) is 23.8 Å². The van der Waals surface area contributed by atoms with Crippen LogP contribution in [0.25, 0.3) is 0 Å². The van der Waals surface area contributed by atoms with Gasteiger partial charge in [-0.25, -0.2) is 0 Å². The molecule has 0 spiro atoms. The molecular formula is C19H27ClN2O3. The van der Waals surface area contributed by atoms with E-state index < -0.39 is 6.10 Å². The fraction of sp³-hybridized carbons (Fsp3) is 0.579. The van der Waals surface area contributed by atoms with Crippen molar-refractivity contribution >= 4 is 23.7 Å². The fourth-order valence-corrected chi connectivity index (χ4v) is 3.87. The van der Waals surface area contributed by atoms with Crippen LogP contribution in [-0.4, -0.2) is 48.9 Å². The van der Waals surface area contributed by atoms with E-state index in [1.807, 2.05) is 11.0 Å². The minimum absolute atomic E-state index is 0.0183. The van der Waals surface area contributed by atoms with E-state index >= 15 is 0 Å². The zero-order valence-corrected chi connectivity index (χ0v) is 15.8. The molecule has 1 aromatic carbocycles. The van der Waals surface area contributed by atoms with Crippen molar-refractivity contribution in [2.75, 3.05) is 26.8 Å². The third-order valence-electron chi connectivity index (χ3n) is 5.30. The van der Waals surface area contributed by atoms with Crippen LogP contribution in [0.15, 0.2) is 18.2 Å². The van der Waals surface area contributed by atoms with Gasteiger partial charge in [0.25, 0.3) is 0 Å². The summed E-state index contributed by atoms with van der Waals surface area (Å²) < 4.78 is 4.92. The number of amides is 1. The van der Waals surface area contributed by atoms with Crippen LogP contribution in [0.2, 0.25) is 5.02 Å². The molecule has 25 heavy (non-hydrogen) atoms. The first-order chi connectivity index (χ1) is 11.8. The van der Waals surface area contributed by atoms with E-state index in [0.717, 1.165) is 18.4 Å². The lowest BCUT2D eigenvalue weighted by Gasteiger charge is -2.43. The number of hydrogen-bond donors (Lipinski definition) is 2. The number of nitrogens with zero attached hydrogens (tertiary/aromatic N) is 1. The number of halogens is 1. The highest BCUT2D eigenvalue weighted by Crippen LogP contribution is 2.45. The fourth-order valence-electron chi connectivity index (χ4n) is 3.62. The second kappa shape index (κ2) is 8.30. The van der Waals surface area contributed by atoms with Crippen molar-refractivity contribution in [3.63, 3.8) is 0 Å². The molecule has 1 aliphatic rings. The number of nitrogens with one attached hydrogen (secondary N) is 1.